The maximum atomic E-state index is 11.8. The molecule has 0 radical (unpaired) electrons. The Balaban J connectivity index is 2.33. The number of carboxylic acids is 1. The monoisotopic (exact) mass is 277 g/mol. The third-order valence-electron chi connectivity index (χ3n) is 3.93. The lowest BCUT2D eigenvalue weighted by atomic mass is 9.89. The van der Waals surface area contributed by atoms with Crippen molar-refractivity contribution in [2.24, 2.45) is 11.8 Å². The van der Waals surface area contributed by atoms with E-state index >= 15 is 0 Å². The Morgan fingerprint density at radius 2 is 1.90 bits per heavy atom. The molecule has 1 fully saturated rings. The number of hydrogen-bond donors (Lipinski definition) is 1. The van der Waals surface area contributed by atoms with E-state index in [9.17, 15) is 9.90 Å². The van der Waals surface area contributed by atoms with E-state index in [0.29, 0.717) is 17.6 Å². The number of benzene rings is 1. The fourth-order valence-electron chi connectivity index (χ4n) is 3.30. The van der Waals surface area contributed by atoms with Crippen LogP contribution in [0.25, 0.3) is 0 Å². The number of para-hydroxylation sites is 1. The maximum Gasteiger partial charge on any atom is 0.325 e. The zero-order chi connectivity index (χ0) is 14.7. The summed E-state index contributed by atoms with van der Waals surface area (Å²) in [6.07, 6.45) is 1.16. The van der Waals surface area contributed by atoms with Gasteiger partial charge >= 0.3 is 5.97 Å². The minimum absolute atomic E-state index is 0.523. The van der Waals surface area contributed by atoms with Crippen molar-refractivity contribution in [3.8, 4) is 5.75 Å². The van der Waals surface area contributed by atoms with Gasteiger partial charge in [-0.25, -0.2) is 0 Å². The molecule has 4 nitrogen and oxygen atoms in total. The molecule has 0 amide bonds. The molecule has 1 aliphatic heterocycles. The van der Waals surface area contributed by atoms with E-state index in [4.69, 9.17) is 4.74 Å². The molecule has 3 unspecified atom stereocenters. The first-order valence-corrected chi connectivity index (χ1v) is 7.12. The Kier molecular flexibility index (Phi) is 4.65. The molecule has 1 N–H and O–H groups in total. The number of likely N-dealkylation sites (tertiary alicyclic amines) is 1. The van der Waals surface area contributed by atoms with Gasteiger partial charge in [-0.05, 0) is 24.3 Å². The number of carbonyl (C=O) groups is 1. The van der Waals surface area contributed by atoms with Gasteiger partial charge in [-0.2, -0.15) is 0 Å². The highest BCUT2D eigenvalue weighted by Crippen LogP contribution is 2.33. The number of rotatable bonds is 4. The molecule has 3 atom stereocenters. The number of nitrogens with zero attached hydrogens (tertiary/aromatic N) is 1. The first-order chi connectivity index (χ1) is 9.52. The van der Waals surface area contributed by atoms with Gasteiger partial charge < -0.3 is 9.84 Å². The zero-order valence-corrected chi connectivity index (χ0v) is 12.4. The van der Waals surface area contributed by atoms with E-state index in [2.05, 4.69) is 18.7 Å². The second-order valence-electron chi connectivity index (χ2n) is 5.88. The number of ether oxygens (including phenoxy) is 1. The number of carboxylic acid groups (broad SMARTS) is 1. The number of hydrogen-bond acceptors (Lipinski definition) is 3. The molecule has 1 aromatic carbocycles. The van der Waals surface area contributed by atoms with Crippen molar-refractivity contribution in [3.05, 3.63) is 29.8 Å². The van der Waals surface area contributed by atoms with Crippen molar-refractivity contribution in [3.63, 3.8) is 0 Å². The van der Waals surface area contributed by atoms with Crippen LogP contribution in [-0.2, 0) is 4.79 Å². The van der Waals surface area contributed by atoms with Crippen molar-refractivity contribution >= 4 is 5.97 Å². The molecular formula is C16H23NO3. The van der Waals surface area contributed by atoms with E-state index in [1.54, 1.807) is 7.11 Å². The molecular weight excluding hydrogens is 254 g/mol. The Labute approximate surface area is 120 Å². The molecule has 0 bridgehead atoms. The van der Waals surface area contributed by atoms with Crippen molar-refractivity contribution in [1.82, 2.24) is 4.90 Å². The Morgan fingerprint density at radius 1 is 1.30 bits per heavy atom. The summed E-state index contributed by atoms with van der Waals surface area (Å²) in [5, 5.41) is 9.67. The summed E-state index contributed by atoms with van der Waals surface area (Å²) in [4.78, 5) is 13.9. The molecule has 0 saturated carbocycles. The summed E-state index contributed by atoms with van der Waals surface area (Å²) >= 11 is 0. The molecule has 1 aromatic rings. The van der Waals surface area contributed by atoms with Gasteiger partial charge in [0.25, 0.3) is 0 Å². The third kappa shape index (κ3) is 3.12. The van der Waals surface area contributed by atoms with Crippen LogP contribution >= 0.6 is 0 Å². The van der Waals surface area contributed by atoms with Gasteiger partial charge in [-0.3, -0.25) is 9.69 Å². The first kappa shape index (κ1) is 14.9. The summed E-state index contributed by atoms with van der Waals surface area (Å²) in [5.74, 6) is 0.882. The van der Waals surface area contributed by atoms with E-state index in [-0.39, 0.29) is 0 Å². The average molecular weight is 277 g/mol. The Hall–Kier alpha value is -1.55. The quantitative estimate of drug-likeness (QED) is 0.919. The van der Waals surface area contributed by atoms with Gasteiger partial charge in [0.2, 0.25) is 0 Å². The predicted molar refractivity (Wildman–Crippen MR) is 77.9 cm³/mol. The molecule has 110 valence electrons. The van der Waals surface area contributed by atoms with E-state index in [1.165, 1.54) is 0 Å². The van der Waals surface area contributed by atoms with Gasteiger partial charge in [0, 0.05) is 18.7 Å². The summed E-state index contributed by atoms with van der Waals surface area (Å²) < 4.78 is 5.33. The van der Waals surface area contributed by atoms with Crippen LogP contribution in [0.1, 0.15) is 31.9 Å². The highest BCUT2D eigenvalue weighted by atomic mass is 16.5. The summed E-state index contributed by atoms with van der Waals surface area (Å²) in [7, 11) is 1.58. The highest BCUT2D eigenvalue weighted by Gasteiger charge is 2.34. The molecule has 1 aliphatic rings. The number of aliphatic carboxylic acids is 1. The van der Waals surface area contributed by atoms with Crippen molar-refractivity contribution < 1.29 is 14.6 Å². The van der Waals surface area contributed by atoms with Crippen molar-refractivity contribution in [2.75, 3.05) is 20.2 Å². The number of piperidine rings is 1. The van der Waals surface area contributed by atoms with Crippen LogP contribution in [-0.4, -0.2) is 36.2 Å². The molecule has 0 spiro atoms. The summed E-state index contributed by atoms with van der Waals surface area (Å²) in [6, 6.07) is 6.77. The normalized spacial score (nSPS) is 25.1. The van der Waals surface area contributed by atoms with Gasteiger partial charge in [0.15, 0.2) is 0 Å². The fourth-order valence-corrected chi connectivity index (χ4v) is 3.30. The maximum absolute atomic E-state index is 11.8. The van der Waals surface area contributed by atoms with E-state index < -0.39 is 12.0 Å². The second-order valence-corrected chi connectivity index (χ2v) is 5.88. The Morgan fingerprint density at radius 3 is 2.45 bits per heavy atom. The summed E-state index contributed by atoms with van der Waals surface area (Å²) in [5.41, 5.74) is 0.740. The molecule has 1 saturated heterocycles. The van der Waals surface area contributed by atoms with Crippen LogP contribution < -0.4 is 4.74 Å². The van der Waals surface area contributed by atoms with Gasteiger partial charge in [0.1, 0.15) is 11.8 Å². The molecule has 0 aromatic heterocycles. The molecule has 0 aliphatic carbocycles. The second kappa shape index (κ2) is 6.27. The van der Waals surface area contributed by atoms with Crippen LogP contribution in [0.15, 0.2) is 24.3 Å². The van der Waals surface area contributed by atoms with E-state index in [1.807, 2.05) is 24.3 Å². The summed E-state index contributed by atoms with van der Waals surface area (Å²) in [6.45, 7) is 6.01. The van der Waals surface area contributed by atoms with Crippen molar-refractivity contribution in [2.45, 2.75) is 26.3 Å². The lowest BCUT2D eigenvalue weighted by Crippen LogP contribution is -2.43. The third-order valence-corrected chi connectivity index (χ3v) is 3.93. The van der Waals surface area contributed by atoms with E-state index in [0.717, 1.165) is 25.1 Å². The minimum Gasteiger partial charge on any atom is -0.496 e. The topological polar surface area (TPSA) is 49.8 Å². The lowest BCUT2D eigenvalue weighted by molar-refractivity contribution is -0.144. The van der Waals surface area contributed by atoms with Gasteiger partial charge in [-0.1, -0.05) is 32.0 Å². The van der Waals surface area contributed by atoms with Crippen LogP contribution in [0.5, 0.6) is 5.75 Å². The zero-order valence-electron chi connectivity index (χ0n) is 12.4. The van der Waals surface area contributed by atoms with Crippen LogP contribution in [0, 0.1) is 11.8 Å². The largest absolute Gasteiger partial charge is 0.496 e. The minimum atomic E-state index is -0.809. The molecule has 4 heteroatoms. The van der Waals surface area contributed by atoms with Crippen molar-refractivity contribution in [1.29, 1.82) is 0 Å². The van der Waals surface area contributed by atoms with Gasteiger partial charge in [0.05, 0.1) is 7.11 Å². The predicted octanol–water partition coefficient (Wildman–Crippen LogP) is 2.80. The average Bonchev–Trinajstić information content (AvgIpc) is 2.38. The SMILES string of the molecule is COc1ccccc1C(C(=O)O)N1CC(C)CC(C)C1. The smallest absolute Gasteiger partial charge is 0.325 e. The number of methoxy groups -OCH3 is 1. The van der Waals surface area contributed by atoms with Crippen LogP contribution in [0.3, 0.4) is 0 Å². The van der Waals surface area contributed by atoms with Crippen LogP contribution in [0.2, 0.25) is 0 Å². The van der Waals surface area contributed by atoms with Crippen LogP contribution in [0.4, 0.5) is 0 Å². The molecule has 2 rings (SSSR count). The first-order valence-electron chi connectivity index (χ1n) is 7.12. The fraction of sp³-hybridized carbons (Fsp3) is 0.562. The van der Waals surface area contributed by atoms with Gasteiger partial charge in [-0.15, -0.1) is 0 Å². The lowest BCUT2D eigenvalue weighted by Gasteiger charge is -2.38. The molecule has 1 heterocycles. The highest BCUT2D eigenvalue weighted by molar-refractivity contribution is 5.76. The Bertz CT molecular complexity index is 465. The molecule has 20 heavy (non-hydrogen) atoms. The standard InChI is InChI=1S/C16H23NO3/c1-11-8-12(2)10-17(9-11)15(16(18)19)13-6-4-5-7-14(13)20-3/h4-7,11-12,15H,8-10H2,1-3H3,(H,18,19).